The quantitative estimate of drug-likeness (QED) is 0.916. The van der Waals surface area contributed by atoms with E-state index in [1.807, 2.05) is 0 Å². The molecule has 0 spiro atoms. The topological polar surface area (TPSA) is 75.7 Å². The van der Waals surface area contributed by atoms with Crippen LogP contribution in [0.5, 0.6) is 0 Å². The third kappa shape index (κ3) is 2.92. The SMILES string of the molecule is CS(=O)(=O)c1cccc(-c2n[nH]c(C(F)(F)F)n2)c1. The lowest BCUT2D eigenvalue weighted by Gasteiger charge is -2.00. The Morgan fingerprint density at radius 1 is 1.26 bits per heavy atom. The van der Waals surface area contributed by atoms with Crippen molar-refractivity contribution in [2.45, 2.75) is 11.1 Å². The molecule has 0 fully saturated rings. The Kier molecular flexibility index (Phi) is 3.09. The highest BCUT2D eigenvalue weighted by Crippen LogP contribution is 2.28. The molecule has 5 nitrogen and oxygen atoms in total. The van der Waals surface area contributed by atoms with Gasteiger partial charge in [-0.15, -0.1) is 0 Å². The van der Waals surface area contributed by atoms with Crippen molar-refractivity contribution in [1.82, 2.24) is 15.2 Å². The van der Waals surface area contributed by atoms with E-state index in [2.05, 4.69) is 10.1 Å². The molecule has 2 rings (SSSR count). The Morgan fingerprint density at radius 2 is 1.95 bits per heavy atom. The summed E-state index contributed by atoms with van der Waals surface area (Å²) in [5, 5.41) is 5.19. The highest BCUT2D eigenvalue weighted by atomic mass is 32.2. The normalized spacial score (nSPS) is 12.6. The van der Waals surface area contributed by atoms with Crippen LogP contribution in [0.15, 0.2) is 29.2 Å². The summed E-state index contributed by atoms with van der Waals surface area (Å²) in [6.45, 7) is 0. The molecule has 9 heteroatoms. The van der Waals surface area contributed by atoms with E-state index in [-0.39, 0.29) is 16.3 Å². The third-order valence-corrected chi connectivity index (χ3v) is 3.38. The number of aromatic nitrogens is 3. The zero-order valence-corrected chi connectivity index (χ0v) is 10.4. The van der Waals surface area contributed by atoms with Crippen molar-refractivity contribution < 1.29 is 21.6 Å². The fraction of sp³-hybridized carbons (Fsp3) is 0.200. The van der Waals surface area contributed by atoms with Gasteiger partial charge in [-0.05, 0) is 12.1 Å². The van der Waals surface area contributed by atoms with E-state index in [9.17, 15) is 21.6 Å². The molecule has 0 saturated carbocycles. The second kappa shape index (κ2) is 4.34. The Morgan fingerprint density at radius 3 is 2.47 bits per heavy atom. The predicted molar refractivity (Wildman–Crippen MR) is 59.9 cm³/mol. The second-order valence-corrected chi connectivity index (χ2v) is 5.82. The summed E-state index contributed by atoms with van der Waals surface area (Å²) in [5.74, 6) is -1.44. The molecule has 0 radical (unpaired) electrons. The molecular formula is C10H8F3N3O2S. The predicted octanol–water partition coefficient (Wildman–Crippen LogP) is 1.89. The van der Waals surface area contributed by atoms with Crippen LogP contribution in [0.2, 0.25) is 0 Å². The molecule has 1 aromatic carbocycles. The van der Waals surface area contributed by atoms with Gasteiger partial charge in [0, 0.05) is 11.8 Å². The Balaban J connectivity index is 2.46. The van der Waals surface area contributed by atoms with Crippen molar-refractivity contribution in [3.8, 4) is 11.4 Å². The van der Waals surface area contributed by atoms with Gasteiger partial charge in [0.05, 0.1) is 4.90 Å². The lowest BCUT2D eigenvalue weighted by Crippen LogP contribution is -2.07. The van der Waals surface area contributed by atoms with Gasteiger partial charge < -0.3 is 0 Å². The molecule has 0 aliphatic carbocycles. The Hall–Kier alpha value is -1.90. The van der Waals surface area contributed by atoms with Crippen molar-refractivity contribution >= 4 is 9.84 Å². The Labute approximate surface area is 106 Å². The molecule has 0 amide bonds. The van der Waals surface area contributed by atoms with Crippen LogP contribution in [0.25, 0.3) is 11.4 Å². The van der Waals surface area contributed by atoms with Gasteiger partial charge in [-0.2, -0.15) is 18.3 Å². The minimum atomic E-state index is -4.63. The molecule has 0 saturated heterocycles. The van der Waals surface area contributed by atoms with Crippen molar-refractivity contribution in [2.75, 3.05) is 6.26 Å². The van der Waals surface area contributed by atoms with Crippen LogP contribution >= 0.6 is 0 Å². The van der Waals surface area contributed by atoms with Gasteiger partial charge in [0.2, 0.25) is 5.82 Å². The summed E-state index contributed by atoms with van der Waals surface area (Å²) < 4.78 is 59.8. The minimum absolute atomic E-state index is 0.0108. The molecule has 0 aliphatic rings. The summed E-state index contributed by atoms with van der Waals surface area (Å²) >= 11 is 0. The summed E-state index contributed by atoms with van der Waals surface area (Å²) in [5.41, 5.74) is 0.190. The average molecular weight is 291 g/mol. The fourth-order valence-corrected chi connectivity index (χ4v) is 2.05. The van der Waals surface area contributed by atoms with Gasteiger partial charge >= 0.3 is 6.18 Å². The first-order valence-corrected chi connectivity index (χ1v) is 6.87. The van der Waals surface area contributed by atoms with Crippen molar-refractivity contribution in [1.29, 1.82) is 0 Å². The van der Waals surface area contributed by atoms with Gasteiger partial charge in [0.15, 0.2) is 15.7 Å². The van der Waals surface area contributed by atoms with Crippen LogP contribution in [0.1, 0.15) is 5.82 Å². The van der Waals surface area contributed by atoms with Crippen LogP contribution in [0.3, 0.4) is 0 Å². The summed E-state index contributed by atoms with van der Waals surface area (Å²) in [6.07, 6.45) is -3.62. The molecule has 1 heterocycles. The van der Waals surface area contributed by atoms with Gasteiger partial charge in [-0.25, -0.2) is 13.4 Å². The number of H-pyrrole nitrogens is 1. The summed E-state index contributed by atoms with van der Waals surface area (Å²) in [4.78, 5) is 3.28. The van der Waals surface area contributed by atoms with Crippen LogP contribution in [-0.4, -0.2) is 29.9 Å². The number of aromatic amines is 1. The van der Waals surface area contributed by atoms with E-state index in [0.29, 0.717) is 0 Å². The van der Waals surface area contributed by atoms with E-state index in [1.54, 1.807) is 5.10 Å². The molecule has 1 aromatic heterocycles. The van der Waals surface area contributed by atoms with Crippen LogP contribution < -0.4 is 0 Å². The van der Waals surface area contributed by atoms with Crippen LogP contribution in [-0.2, 0) is 16.0 Å². The van der Waals surface area contributed by atoms with Gasteiger partial charge in [0.1, 0.15) is 0 Å². The first-order valence-electron chi connectivity index (χ1n) is 4.98. The van der Waals surface area contributed by atoms with E-state index in [1.165, 1.54) is 24.3 Å². The van der Waals surface area contributed by atoms with Gasteiger partial charge in [-0.3, -0.25) is 5.10 Å². The minimum Gasteiger partial charge on any atom is -0.255 e. The van der Waals surface area contributed by atoms with Gasteiger partial charge in [-0.1, -0.05) is 12.1 Å². The third-order valence-electron chi connectivity index (χ3n) is 2.27. The molecule has 19 heavy (non-hydrogen) atoms. The first-order chi connectivity index (χ1) is 8.68. The summed E-state index contributed by atoms with van der Waals surface area (Å²) in [6, 6.07) is 5.40. The van der Waals surface area contributed by atoms with E-state index in [0.717, 1.165) is 6.26 Å². The number of hydrogen-bond acceptors (Lipinski definition) is 4. The molecule has 102 valence electrons. The maximum Gasteiger partial charge on any atom is 0.451 e. The maximum atomic E-state index is 12.4. The lowest BCUT2D eigenvalue weighted by molar-refractivity contribution is -0.144. The number of alkyl halides is 3. The molecule has 1 N–H and O–H groups in total. The number of nitrogens with one attached hydrogen (secondary N) is 1. The lowest BCUT2D eigenvalue weighted by atomic mass is 10.2. The number of benzene rings is 1. The van der Waals surface area contributed by atoms with Crippen molar-refractivity contribution in [2.24, 2.45) is 0 Å². The second-order valence-electron chi connectivity index (χ2n) is 3.81. The molecule has 2 aromatic rings. The zero-order valence-electron chi connectivity index (χ0n) is 9.56. The van der Waals surface area contributed by atoms with Crippen molar-refractivity contribution in [3.63, 3.8) is 0 Å². The van der Waals surface area contributed by atoms with E-state index < -0.39 is 21.8 Å². The molecular weight excluding hydrogens is 283 g/mol. The fourth-order valence-electron chi connectivity index (χ4n) is 1.38. The molecule has 0 aliphatic heterocycles. The smallest absolute Gasteiger partial charge is 0.255 e. The highest BCUT2D eigenvalue weighted by molar-refractivity contribution is 7.90. The molecule has 0 unspecified atom stereocenters. The van der Waals surface area contributed by atoms with Crippen molar-refractivity contribution in [3.05, 3.63) is 30.1 Å². The van der Waals surface area contributed by atoms with E-state index >= 15 is 0 Å². The van der Waals surface area contributed by atoms with Crippen LogP contribution in [0.4, 0.5) is 13.2 Å². The first kappa shape index (κ1) is 13.5. The Bertz CT molecular complexity index is 707. The summed E-state index contributed by atoms with van der Waals surface area (Å²) in [7, 11) is -3.44. The number of rotatable bonds is 2. The maximum absolute atomic E-state index is 12.4. The largest absolute Gasteiger partial charge is 0.451 e. The average Bonchev–Trinajstić information content (AvgIpc) is 2.77. The monoisotopic (exact) mass is 291 g/mol. The standard InChI is InChI=1S/C10H8F3N3O2S/c1-19(17,18)7-4-2-3-6(5-7)8-14-9(16-15-8)10(11,12)13/h2-5H,1H3,(H,14,15,16). The molecule has 0 atom stereocenters. The molecule has 0 bridgehead atoms. The zero-order chi connectivity index (χ0) is 14.3. The van der Waals surface area contributed by atoms with Crippen LogP contribution in [0, 0.1) is 0 Å². The number of nitrogens with zero attached hydrogens (tertiary/aromatic N) is 2. The van der Waals surface area contributed by atoms with E-state index in [4.69, 9.17) is 0 Å². The highest BCUT2D eigenvalue weighted by Gasteiger charge is 2.35. The number of halogens is 3. The van der Waals surface area contributed by atoms with Gasteiger partial charge in [0.25, 0.3) is 0 Å². The number of sulfone groups is 1. The number of hydrogen-bond donors (Lipinski definition) is 1.